The van der Waals surface area contributed by atoms with Crippen molar-refractivity contribution in [2.45, 2.75) is 13.0 Å². The van der Waals surface area contributed by atoms with E-state index in [4.69, 9.17) is 10.2 Å². The van der Waals surface area contributed by atoms with Crippen LogP contribution in [0.1, 0.15) is 12.3 Å². The lowest BCUT2D eigenvalue weighted by atomic mass is 10.2. The Balaban J connectivity index is 1.53. The van der Waals surface area contributed by atoms with Crippen LogP contribution >= 0.6 is 0 Å². The van der Waals surface area contributed by atoms with Gasteiger partial charge in [0.2, 0.25) is 11.8 Å². The molecule has 1 aliphatic rings. The van der Waals surface area contributed by atoms with Crippen LogP contribution < -0.4 is 5.73 Å². The van der Waals surface area contributed by atoms with Crippen LogP contribution in [0, 0.1) is 0 Å². The van der Waals surface area contributed by atoms with Gasteiger partial charge < -0.3 is 15.1 Å². The number of rotatable bonds is 5. The SMILES string of the molecule is NCCC(=O)N1CCN(Cc2ncc(-c3ccccc3)o2)CC1. The fourth-order valence-electron chi connectivity index (χ4n) is 2.75. The summed E-state index contributed by atoms with van der Waals surface area (Å²) in [6, 6.07) is 9.95. The molecule has 1 fully saturated rings. The number of hydrogen-bond acceptors (Lipinski definition) is 5. The van der Waals surface area contributed by atoms with Gasteiger partial charge in [-0.2, -0.15) is 0 Å². The van der Waals surface area contributed by atoms with E-state index in [1.165, 1.54) is 0 Å². The van der Waals surface area contributed by atoms with Crippen molar-refractivity contribution in [2.75, 3.05) is 32.7 Å². The summed E-state index contributed by atoms with van der Waals surface area (Å²) in [6.45, 7) is 4.23. The standard InChI is InChI=1S/C17H22N4O2/c18-7-6-17(22)21-10-8-20(9-11-21)13-16-19-12-15(23-16)14-4-2-1-3-5-14/h1-5,12H,6-11,13,18H2. The lowest BCUT2D eigenvalue weighted by Crippen LogP contribution is -2.48. The van der Waals surface area contributed by atoms with E-state index in [1.807, 2.05) is 35.2 Å². The zero-order chi connectivity index (χ0) is 16.1. The van der Waals surface area contributed by atoms with Crippen molar-refractivity contribution in [1.29, 1.82) is 0 Å². The summed E-state index contributed by atoms with van der Waals surface area (Å²) in [4.78, 5) is 20.3. The monoisotopic (exact) mass is 314 g/mol. The summed E-state index contributed by atoms with van der Waals surface area (Å²) in [7, 11) is 0. The molecule has 6 heteroatoms. The number of oxazole rings is 1. The molecule has 122 valence electrons. The van der Waals surface area contributed by atoms with Crippen LogP contribution in [0.2, 0.25) is 0 Å². The van der Waals surface area contributed by atoms with Gasteiger partial charge in [0.15, 0.2) is 5.76 Å². The van der Waals surface area contributed by atoms with Crippen molar-refractivity contribution >= 4 is 5.91 Å². The molecule has 1 aromatic heterocycles. The molecule has 0 bridgehead atoms. The van der Waals surface area contributed by atoms with E-state index in [0.717, 1.165) is 37.5 Å². The second-order valence-corrected chi connectivity index (χ2v) is 5.68. The minimum Gasteiger partial charge on any atom is -0.439 e. The van der Waals surface area contributed by atoms with Gasteiger partial charge in [0.1, 0.15) is 0 Å². The predicted molar refractivity (Wildman–Crippen MR) is 87.5 cm³/mol. The molecule has 1 aliphatic heterocycles. The normalized spacial score (nSPS) is 15.8. The third-order valence-corrected chi connectivity index (χ3v) is 4.05. The van der Waals surface area contributed by atoms with Crippen LogP contribution in [0.15, 0.2) is 40.9 Å². The van der Waals surface area contributed by atoms with Crippen LogP contribution in [0.3, 0.4) is 0 Å². The average Bonchev–Trinajstić information content (AvgIpc) is 3.05. The van der Waals surface area contributed by atoms with Crippen LogP contribution in [0.4, 0.5) is 0 Å². The molecule has 1 amide bonds. The Morgan fingerprint density at radius 3 is 2.61 bits per heavy atom. The highest BCUT2D eigenvalue weighted by atomic mass is 16.4. The number of nitrogens with zero attached hydrogens (tertiary/aromatic N) is 3. The summed E-state index contributed by atoms with van der Waals surface area (Å²) >= 11 is 0. The first-order chi connectivity index (χ1) is 11.3. The lowest BCUT2D eigenvalue weighted by molar-refractivity contribution is -0.132. The zero-order valence-electron chi connectivity index (χ0n) is 13.1. The van der Waals surface area contributed by atoms with Crippen LogP contribution in [-0.2, 0) is 11.3 Å². The third kappa shape index (κ3) is 3.97. The summed E-state index contributed by atoms with van der Waals surface area (Å²) in [5.41, 5.74) is 6.47. The van der Waals surface area contributed by atoms with Gasteiger partial charge in [-0.25, -0.2) is 4.98 Å². The van der Waals surface area contributed by atoms with Crippen molar-refractivity contribution in [3.8, 4) is 11.3 Å². The van der Waals surface area contributed by atoms with E-state index in [0.29, 0.717) is 25.4 Å². The molecule has 2 aromatic rings. The Labute approximate surface area is 135 Å². The largest absolute Gasteiger partial charge is 0.439 e. The Morgan fingerprint density at radius 2 is 1.91 bits per heavy atom. The zero-order valence-corrected chi connectivity index (χ0v) is 13.1. The van der Waals surface area contributed by atoms with Gasteiger partial charge >= 0.3 is 0 Å². The van der Waals surface area contributed by atoms with Crippen molar-refractivity contribution in [3.05, 3.63) is 42.4 Å². The minimum absolute atomic E-state index is 0.148. The number of benzene rings is 1. The highest BCUT2D eigenvalue weighted by Crippen LogP contribution is 2.20. The number of hydrogen-bond donors (Lipinski definition) is 1. The first kappa shape index (κ1) is 15.7. The maximum absolute atomic E-state index is 11.8. The molecule has 0 atom stereocenters. The van der Waals surface area contributed by atoms with Crippen molar-refractivity contribution < 1.29 is 9.21 Å². The second-order valence-electron chi connectivity index (χ2n) is 5.68. The van der Waals surface area contributed by atoms with Crippen LogP contribution in [0.25, 0.3) is 11.3 Å². The summed E-state index contributed by atoms with van der Waals surface area (Å²) in [5.74, 6) is 1.65. The van der Waals surface area contributed by atoms with Gasteiger partial charge in [-0.15, -0.1) is 0 Å². The molecule has 6 nitrogen and oxygen atoms in total. The lowest BCUT2D eigenvalue weighted by Gasteiger charge is -2.34. The Hall–Kier alpha value is -2.18. The maximum Gasteiger partial charge on any atom is 0.223 e. The minimum atomic E-state index is 0.148. The first-order valence-corrected chi connectivity index (χ1v) is 7.96. The molecular weight excluding hydrogens is 292 g/mol. The molecule has 0 saturated carbocycles. The van der Waals surface area contributed by atoms with Gasteiger partial charge in [-0.3, -0.25) is 9.69 Å². The summed E-state index contributed by atoms with van der Waals surface area (Å²) in [5, 5.41) is 0. The number of piperazine rings is 1. The second kappa shape index (κ2) is 7.39. The molecule has 0 unspecified atom stereocenters. The molecule has 0 aliphatic carbocycles. The van der Waals surface area contributed by atoms with Gasteiger partial charge in [0, 0.05) is 44.7 Å². The maximum atomic E-state index is 11.8. The topological polar surface area (TPSA) is 75.6 Å². The summed E-state index contributed by atoms with van der Waals surface area (Å²) < 4.78 is 5.84. The molecular formula is C17H22N4O2. The molecule has 2 N–H and O–H groups in total. The van der Waals surface area contributed by atoms with Crippen molar-refractivity contribution in [3.63, 3.8) is 0 Å². The Morgan fingerprint density at radius 1 is 1.17 bits per heavy atom. The van der Waals surface area contributed by atoms with Crippen molar-refractivity contribution in [2.24, 2.45) is 5.73 Å². The van der Waals surface area contributed by atoms with E-state index in [1.54, 1.807) is 6.20 Å². The molecule has 0 radical (unpaired) electrons. The number of carbonyl (C=O) groups excluding carboxylic acids is 1. The van der Waals surface area contributed by atoms with Gasteiger partial charge in [-0.05, 0) is 0 Å². The smallest absolute Gasteiger partial charge is 0.223 e. The molecule has 0 spiro atoms. The van der Waals surface area contributed by atoms with Gasteiger partial charge in [-0.1, -0.05) is 30.3 Å². The number of aromatic nitrogens is 1. The fraction of sp³-hybridized carbons (Fsp3) is 0.412. The number of amides is 1. The van der Waals surface area contributed by atoms with E-state index in [2.05, 4.69) is 9.88 Å². The van der Waals surface area contributed by atoms with E-state index in [9.17, 15) is 4.79 Å². The van der Waals surface area contributed by atoms with Crippen molar-refractivity contribution in [1.82, 2.24) is 14.8 Å². The predicted octanol–water partition coefficient (Wildman–Crippen LogP) is 1.33. The van der Waals surface area contributed by atoms with E-state index < -0.39 is 0 Å². The Bertz CT molecular complexity index is 633. The summed E-state index contributed by atoms with van der Waals surface area (Å²) in [6.07, 6.45) is 2.20. The molecule has 1 saturated heterocycles. The van der Waals surface area contributed by atoms with Crippen LogP contribution in [-0.4, -0.2) is 53.4 Å². The Kier molecular flexibility index (Phi) is 5.05. The highest BCUT2D eigenvalue weighted by Gasteiger charge is 2.21. The van der Waals surface area contributed by atoms with E-state index in [-0.39, 0.29) is 5.91 Å². The van der Waals surface area contributed by atoms with Gasteiger partial charge in [0.25, 0.3) is 0 Å². The quantitative estimate of drug-likeness (QED) is 0.901. The molecule has 1 aromatic carbocycles. The first-order valence-electron chi connectivity index (χ1n) is 7.96. The fourth-order valence-corrected chi connectivity index (χ4v) is 2.75. The molecule has 3 rings (SSSR count). The average molecular weight is 314 g/mol. The van der Waals surface area contributed by atoms with Crippen LogP contribution in [0.5, 0.6) is 0 Å². The molecule has 23 heavy (non-hydrogen) atoms. The third-order valence-electron chi connectivity index (χ3n) is 4.05. The van der Waals surface area contributed by atoms with E-state index >= 15 is 0 Å². The number of carbonyl (C=O) groups is 1. The van der Waals surface area contributed by atoms with Gasteiger partial charge in [0.05, 0.1) is 12.7 Å². The molecule has 2 heterocycles. The number of nitrogens with two attached hydrogens (primary N) is 1. The highest BCUT2D eigenvalue weighted by molar-refractivity contribution is 5.76.